The predicted octanol–water partition coefficient (Wildman–Crippen LogP) is 14.9. The van der Waals surface area contributed by atoms with Crippen LogP contribution in [0, 0.1) is 0 Å². The first-order chi connectivity index (χ1) is 49.4. The van der Waals surface area contributed by atoms with Crippen molar-refractivity contribution in [3.05, 3.63) is 215 Å². The lowest BCUT2D eigenvalue weighted by molar-refractivity contribution is 0.0900. The number of para-hydroxylation sites is 3. The van der Waals surface area contributed by atoms with E-state index in [1.165, 1.54) is 0 Å². The normalized spacial score (nSPS) is 20.2. The van der Waals surface area contributed by atoms with Gasteiger partial charge < -0.3 is 64.1 Å². The molecule has 6 aromatic heterocycles. The number of carbonyl (C=O) groups excluding carboxylic acids is 3. The number of nitrogens with one attached hydrogen (secondary N) is 9. The SMILES string of the molecule is Nc1ccc(C(=O)N[C@@H]2C[C@H](F)C[C@H](Nc3ncc(Cl)c(-c4c[nH]c5ccccc45)n3)C2)cc1.Nc1ccc(C(=O)N[C@H]2C[C@@H](F)C[C@@H](Nc3ncc(Cl)c(-c4c[nH]c5ccccc45)n3)C2)cc1.Nc1ccc(C(=O)N[C@H]2C[C@@H](F)C[C@@H](Nc3ncc(Cl)c(-c4c[nH]c5ccccc45)n3)C2)cc1. The number of alkyl halides is 3. The van der Waals surface area contributed by atoms with E-state index < -0.39 is 18.5 Å². The van der Waals surface area contributed by atoms with Gasteiger partial charge in [0.25, 0.3) is 17.7 Å². The van der Waals surface area contributed by atoms with Gasteiger partial charge >= 0.3 is 0 Å². The van der Waals surface area contributed by atoms with Crippen LogP contribution < -0.4 is 49.1 Å². The van der Waals surface area contributed by atoms with Gasteiger partial charge in [0.1, 0.15) is 18.5 Å². The van der Waals surface area contributed by atoms with Gasteiger partial charge in [0.15, 0.2) is 0 Å². The van der Waals surface area contributed by atoms with E-state index >= 15 is 0 Å². The van der Waals surface area contributed by atoms with Crippen LogP contribution in [0.2, 0.25) is 15.1 Å². The van der Waals surface area contributed by atoms with E-state index in [0.717, 1.165) is 49.4 Å². The summed E-state index contributed by atoms with van der Waals surface area (Å²) in [4.78, 5) is 74.2. The molecular weight excluding hydrogens is 1360 g/mol. The molecule has 3 aliphatic carbocycles. The number of aromatic nitrogens is 9. The van der Waals surface area contributed by atoms with Crippen LogP contribution in [0.5, 0.6) is 0 Å². The number of nitrogen functional groups attached to an aromatic ring is 3. The highest BCUT2D eigenvalue weighted by molar-refractivity contribution is 6.34. The maximum atomic E-state index is 14.6. The molecule has 6 heterocycles. The number of hydrogen-bond donors (Lipinski definition) is 12. The van der Waals surface area contributed by atoms with E-state index in [4.69, 9.17) is 52.0 Å². The largest absolute Gasteiger partial charge is 0.399 e. The molecule has 3 saturated carbocycles. The molecule has 27 heteroatoms. The molecule has 6 aromatic carbocycles. The molecule has 0 spiro atoms. The highest BCUT2D eigenvalue weighted by Gasteiger charge is 2.34. The molecule has 15 N–H and O–H groups in total. The van der Waals surface area contributed by atoms with Crippen LogP contribution in [0.1, 0.15) is 88.9 Å². The van der Waals surface area contributed by atoms with Crippen molar-refractivity contribution in [3.63, 3.8) is 0 Å². The van der Waals surface area contributed by atoms with Crippen LogP contribution in [0.3, 0.4) is 0 Å². The first-order valence-corrected chi connectivity index (χ1v) is 34.5. The Morgan fingerprint density at radius 2 is 0.618 bits per heavy atom. The number of carbonyl (C=O) groups is 3. The maximum Gasteiger partial charge on any atom is 0.251 e. The standard InChI is InChI=1S/3C25H24ClFN6O/c3*26-21-13-30-25(33-23(21)20-12-29-22-4-2-1-3-19(20)22)32-18-10-15(27)9-17(11-18)31-24(34)14-5-7-16(28)8-6-14/h3*1-8,12-13,15,17-18,29H,9-11,28H2,(H,31,34)(H,30,32,33)/t3*15-,17+,18-/m110/s1. The second kappa shape index (κ2) is 31.3. The fourth-order valence-electron chi connectivity index (χ4n) is 13.4. The van der Waals surface area contributed by atoms with E-state index in [2.05, 4.69) is 76.8 Å². The molecule has 0 aliphatic heterocycles. The van der Waals surface area contributed by atoms with Gasteiger partial charge in [-0.3, -0.25) is 14.4 Å². The Morgan fingerprint density at radius 1 is 0.363 bits per heavy atom. The highest BCUT2D eigenvalue weighted by Crippen LogP contribution is 2.37. The van der Waals surface area contributed by atoms with E-state index in [-0.39, 0.29) is 73.2 Å². The lowest BCUT2D eigenvalue weighted by atomic mass is 9.89. The van der Waals surface area contributed by atoms with E-state index in [1.54, 1.807) is 91.4 Å². The molecule has 3 fully saturated rings. The second-order valence-electron chi connectivity index (χ2n) is 25.7. The first kappa shape index (κ1) is 69.5. The summed E-state index contributed by atoms with van der Waals surface area (Å²) >= 11 is 19.3. The van der Waals surface area contributed by atoms with Crippen LogP contribution in [0.4, 0.5) is 48.1 Å². The summed E-state index contributed by atoms with van der Waals surface area (Å²) in [5, 5.41) is 22.8. The number of anilines is 6. The summed E-state index contributed by atoms with van der Waals surface area (Å²) in [6, 6.07) is 42.0. The number of nitrogens with two attached hydrogens (primary N) is 3. The number of halogens is 6. The smallest absolute Gasteiger partial charge is 0.251 e. The zero-order valence-electron chi connectivity index (χ0n) is 54.8. The quantitative estimate of drug-likeness (QED) is 0.0425. The topological polar surface area (TPSA) is 326 Å². The van der Waals surface area contributed by atoms with Gasteiger partial charge in [-0.05, 0) is 149 Å². The van der Waals surface area contributed by atoms with E-state index in [9.17, 15) is 27.6 Å². The minimum Gasteiger partial charge on any atom is -0.399 e. The van der Waals surface area contributed by atoms with Crippen LogP contribution >= 0.6 is 34.8 Å². The summed E-state index contributed by atoms with van der Waals surface area (Å²) in [6.45, 7) is 0. The fraction of sp³-hybridized carbons (Fsp3) is 0.240. The van der Waals surface area contributed by atoms with Crippen LogP contribution in [-0.2, 0) is 0 Å². The van der Waals surface area contributed by atoms with Gasteiger partial charge in [0, 0.05) is 138 Å². The third kappa shape index (κ3) is 16.9. The van der Waals surface area contributed by atoms with E-state index in [0.29, 0.717) is 122 Å². The predicted molar refractivity (Wildman–Crippen MR) is 398 cm³/mol. The van der Waals surface area contributed by atoms with Crippen LogP contribution in [0.15, 0.2) is 183 Å². The molecular formula is C75H72Cl3F3N18O3. The Morgan fingerprint density at radius 3 is 0.892 bits per heavy atom. The zero-order valence-corrected chi connectivity index (χ0v) is 57.1. The first-order valence-electron chi connectivity index (χ1n) is 33.4. The highest BCUT2D eigenvalue weighted by atomic mass is 35.5. The van der Waals surface area contributed by atoms with Gasteiger partial charge in [-0.1, -0.05) is 89.4 Å². The molecule has 12 aromatic rings. The van der Waals surface area contributed by atoms with Crippen molar-refractivity contribution in [1.82, 2.24) is 60.8 Å². The van der Waals surface area contributed by atoms with Gasteiger partial charge in [0.2, 0.25) is 17.8 Å². The van der Waals surface area contributed by atoms with Gasteiger partial charge in [-0.2, -0.15) is 0 Å². The Kier molecular flexibility index (Phi) is 21.3. The number of nitrogens with zero attached hydrogens (tertiary/aromatic N) is 6. The summed E-state index contributed by atoms with van der Waals surface area (Å²) in [7, 11) is 0. The number of amides is 3. The van der Waals surface area contributed by atoms with Crippen molar-refractivity contribution in [2.75, 3.05) is 33.2 Å². The molecule has 15 rings (SSSR count). The average Bonchev–Trinajstić information content (AvgIpc) is 1.59. The van der Waals surface area contributed by atoms with Crippen molar-refractivity contribution in [2.24, 2.45) is 0 Å². The third-order valence-electron chi connectivity index (χ3n) is 18.2. The Bertz CT molecular complexity index is 4460. The molecule has 0 bridgehead atoms. The van der Waals surface area contributed by atoms with Crippen molar-refractivity contribution in [1.29, 1.82) is 0 Å². The third-order valence-corrected chi connectivity index (χ3v) is 19.1. The number of benzene rings is 6. The molecule has 0 unspecified atom stereocenters. The van der Waals surface area contributed by atoms with Gasteiger partial charge in [-0.25, -0.2) is 43.1 Å². The molecule has 0 radical (unpaired) electrons. The Balaban J connectivity index is 0.000000137. The number of rotatable bonds is 15. The zero-order chi connectivity index (χ0) is 71.0. The minimum absolute atomic E-state index is 0.238. The van der Waals surface area contributed by atoms with Crippen molar-refractivity contribution in [3.8, 4) is 33.8 Å². The summed E-state index contributed by atoms with van der Waals surface area (Å²) in [5.74, 6) is 0.360. The monoisotopic (exact) mass is 1430 g/mol. The molecule has 522 valence electrons. The molecule has 9 atom stereocenters. The number of aromatic amines is 3. The minimum atomic E-state index is -1.05. The lowest BCUT2D eigenvalue weighted by Crippen LogP contribution is -2.45. The Labute approximate surface area is 599 Å². The summed E-state index contributed by atoms with van der Waals surface area (Å²) in [5.41, 5.74) is 27.6. The lowest BCUT2D eigenvalue weighted by Gasteiger charge is -2.32. The van der Waals surface area contributed by atoms with Gasteiger partial charge in [0.05, 0.1) is 50.7 Å². The molecule has 0 saturated heterocycles. The van der Waals surface area contributed by atoms with E-state index in [1.807, 2.05) is 91.4 Å². The molecule has 3 aliphatic rings. The maximum absolute atomic E-state index is 14.6. The van der Waals surface area contributed by atoms with Gasteiger partial charge in [-0.15, -0.1) is 0 Å². The van der Waals surface area contributed by atoms with Crippen molar-refractivity contribution >= 4 is 120 Å². The fourth-order valence-corrected chi connectivity index (χ4v) is 14.0. The summed E-state index contributed by atoms with van der Waals surface area (Å²) in [6.07, 6.45) is 10.4. The Hall–Kier alpha value is -11.0. The second-order valence-corrected chi connectivity index (χ2v) is 26.9. The van der Waals surface area contributed by atoms with Crippen molar-refractivity contribution < 1.29 is 27.6 Å². The molecule has 102 heavy (non-hydrogen) atoms. The van der Waals surface area contributed by atoms with Crippen LogP contribution in [-0.4, -0.2) is 117 Å². The number of hydrogen-bond acceptors (Lipinski definition) is 15. The average molecular weight is 1440 g/mol. The van der Waals surface area contributed by atoms with Crippen LogP contribution in [0.25, 0.3) is 66.5 Å². The molecule has 3 amide bonds. The van der Waals surface area contributed by atoms with Crippen molar-refractivity contribution in [2.45, 2.75) is 113 Å². The summed E-state index contributed by atoms with van der Waals surface area (Å²) < 4.78 is 43.7. The molecule has 21 nitrogen and oxygen atoms in total. The number of fused-ring (bicyclic) bond motifs is 3. The number of H-pyrrole nitrogens is 3.